The summed E-state index contributed by atoms with van der Waals surface area (Å²) >= 11 is 0. The average molecular weight is 382 g/mol. The number of furan rings is 1. The lowest BCUT2D eigenvalue weighted by molar-refractivity contribution is 0.669. The molecular formula is C22H14N4O3. The van der Waals surface area contributed by atoms with Crippen LogP contribution < -0.4 is 11.0 Å². The van der Waals surface area contributed by atoms with E-state index in [0.29, 0.717) is 33.5 Å². The van der Waals surface area contributed by atoms with Gasteiger partial charge in [-0.05, 0) is 42.6 Å². The number of rotatable bonds is 1. The lowest BCUT2D eigenvalue weighted by Gasteiger charge is -2.06. The maximum atomic E-state index is 13.0. The number of benzene rings is 2. The second-order valence-electron chi connectivity index (χ2n) is 7.20. The normalized spacial score (nSPS) is 11.9. The standard InChI is InChI=1S/C22H14N4O3/c1-10-2-5-16-11(6-10)7-14(22(28)24-16)18-15-9-23-26-21(15)25-19-13-4-3-12(27)8-17(13)29-20(18)19/h2-9H,1H3,(H,24,28)(H2,23,25,26). The number of pyridine rings is 2. The molecule has 29 heavy (non-hydrogen) atoms. The topological polar surface area (TPSA) is 108 Å². The van der Waals surface area contributed by atoms with Gasteiger partial charge >= 0.3 is 0 Å². The summed E-state index contributed by atoms with van der Waals surface area (Å²) in [7, 11) is 0. The molecule has 0 atom stereocenters. The van der Waals surface area contributed by atoms with E-state index in [9.17, 15) is 9.59 Å². The number of nitrogens with one attached hydrogen (secondary N) is 3. The van der Waals surface area contributed by atoms with Crippen molar-refractivity contribution in [2.45, 2.75) is 6.92 Å². The Labute approximate surface area is 162 Å². The molecule has 0 radical (unpaired) electrons. The molecule has 3 N–H and O–H groups in total. The quantitative estimate of drug-likeness (QED) is 0.400. The Bertz CT molecular complexity index is 1720. The van der Waals surface area contributed by atoms with E-state index in [-0.39, 0.29) is 11.0 Å². The number of aromatic nitrogens is 4. The zero-order chi connectivity index (χ0) is 19.7. The molecule has 7 heteroatoms. The van der Waals surface area contributed by atoms with Crippen LogP contribution in [0.15, 0.2) is 62.7 Å². The summed E-state index contributed by atoms with van der Waals surface area (Å²) in [6.45, 7) is 2.01. The molecule has 0 aliphatic carbocycles. The summed E-state index contributed by atoms with van der Waals surface area (Å²) in [6.07, 6.45) is 1.75. The van der Waals surface area contributed by atoms with Gasteiger partial charge in [0.25, 0.3) is 5.56 Å². The molecule has 4 aromatic heterocycles. The van der Waals surface area contributed by atoms with Crippen LogP contribution in [0, 0.1) is 6.92 Å². The summed E-state index contributed by atoms with van der Waals surface area (Å²) in [5.41, 5.74) is 4.75. The van der Waals surface area contributed by atoms with Crippen LogP contribution >= 0.6 is 0 Å². The highest BCUT2D eigenvalue weighted by Gasteiger charge is 2.21. The first-order valence-electron chi connectivity index (χ1n) is 9.14. The predicted molar refractivity (Wildman–Crippen MR) is 112 cm³/mol. The Kier molecular flexibility index (Phi) is 2.98. The van der Waals surface area contributed by atoms with E-state index in [2.05, 4.69) is 20.2 Å². The number of nitrogens with zero attached hydrogens (tertiary/aromatic N) is 1. The molecule has 0 saturated heterocycles. The van der Waals surface area contributed by atoms with Gasteiger partial charge in [-0.15, -0.1) is 0 Å². The van der Waals surface area contributed by atoms with Crippen LogP contribution in [0.5, 0.6) is 0 Å². The maximum absolute atomic E-state index is 13.0. The van der Waals surface area contributed by atoms with Crippen molar-refractivity contribution in [2.24, 2.45) is 0 Å². The Balaban J connectivity index is 1.83. The largest absolute Gasteiger partial charge is 0.454 e. The number of H-pyrrole nitrogens is 3. The van der Waals surface area contributed by atoms with Crippen molar-refractivity contribution in [3.05, 3.63) is 74.8 Å². The molecule has 0 aliphatic heterocycles. The number of aromatic amines is 3. The third-order valence-electron chi connectivity index (χ3n) is 5.29. The minimum absolute atomic E-state index is 0.143. The summed E-state index contributed by atoms with van der Waals surface area (Å²) in [4.78, 5) is 32.4. The van der Waals surface area contributed by atoms with Crippen LogP contribution in [0.4, 0.5) is 0 Å². The van der Waals surface area contributed by atoms with E-state index in [1.165, 1.54) is 12.1 Å². The van der Waals surface area contributed by atoms with Gasteiger partial charge in [-0.1, -0.05) is 11.6 Å². The first kappa shape index (κ1) is 15.9. The Morgan fingerprint density at radius 3 is 2.79 bits per heavy atom. The van der Waals surface area contributed by atoms with Crippen LogP contribution in [-0.2, 0) is 0 Å². The Morgan fingerprint density at radius 2 is 1.90 bits per heavy atom. The van der Waals surface area contributed by atoms with Gasteiger partial charge in [0, 0.05) is 34.1 Å². The molecule has 7 nitrogen and oxygen atoms in total. The number of aryl methyl sites for hydroxylation is 1. The highest BCUT2D eigenvalue weighted by molar-refractivity contribution is 6.14. The average Bonchev–Trinajstić information content (AvgIpc) is 3.30. The molecule has 6 aromatic rings. The van der Waals surface area contributed by atoms with E-state index in [1.807, 2.05) is 31.2 Å². The summed E-state index contributed by atoms with van der Waals surface area (Å²) in [6, 6.07) is 12.4. The second kappa shape index (κ2) is 5.45. The Morgan fingerprint density at radius 1 is 1.00 bits per heavy atom. The smallest absolute Gasteiger partial charge is 0.256 e. The Hall–Kier alpha value is -4.13. The summed E-state index contributed by atoms with van der Waals surface area (Å²) in [5.74, 6) is 0. The van der Waals surface area contributed by atoms with Crippen molar-refractivity contribution in [3.8, 4) is 11.1 Å². The lowest BCUT2D eigenvalue weighted by Crippen LogP contribution is -2.09. The van der Waals surface area contributed by atoms with E-state index in [1.54, 1.807) is 12.3 Å². The van der Waals surface area contributed by atoms with Crippen LogP contribution in [0.3, 0.4) is 0 Å². The lowest BCUT2D eigenvalue weighted by atomic mass is 10.0. The van der Waals surface area contributed by atoms with Crippen LogP contribution in [0.25, 0.3) is 55.1 Å². The fraction of sp³-hybridized carbons (Fsp3) is 0.0455. The highest BCUT2D eigenvalue weighted by atomic mass is 16.3. The molecule has 140 valence electrons. The molecule has 0 saturated carbocycles. The van der Waals surface area contributed by atoms with Gasteiger partial charge < -0.3 is 14.5 Å². The first-order chi connectivity index (χ1) is 14.1. The van der Waals surface area contributed by atoms with Crippen molar-refractivity contribution >= 4 is 44.0 Å². The third-order valence-corrected chi connectivity index (χ3v) is 5.29. The monoisotopic (exact) mass is 382 g/mol. The molecule has 0 amide bonds. The predicted octanol–water partition coefficient (Wildman–Crippen LogP) is 3.97. The van der Waals surface area contributed by atoms with Gasteiger partial charge in [0.1, 0.15) is 11.1 Å². The van der Waals surface area contributed by atoms with Crippen molar-refractivity contribution < 1.29 is 4.42 Å². The van der Waals surface area contributed by atoms with Crippen molar-refractivity contribution in [3.63, 3.8) is 0 Å². The molecule has 0 bridgehead atoms. The van der Waals surface area contributed by atoms with Crippen molar-refractivity contribution in [2.75, 3.05) is 0 Å². The molecule has 0 unspecified atom stereocenters. The highest BCUT2D eigenvalue weighted by Crippen LogP contribution is 2.37. The van der Waals surface area contributed by atoms with E-state index in [4.69, 9.17) is 4.42 Å². The molecule has 6 rings (SSSR count). The molecule has 0 aliphatic rings. The molecule has 2 aromatic carbocycles. The SMILES string of the molecule is Cc1ccc2[nH]c(=O)c(-c3c4c[nH][nH]c4nc4c3oc3cc(=O)ccc34)cc2c1. The van der Waals surface area contributed by atoms with Crippen LogP contribution in [-0.4, -0.2) is 20.2 Å². The van der Waals surface area contributed by atoms with E-state index >= 15 is 0 Å². The molecule has 0 spiro atoms. The number of hydrogen-bond donors (Lipinski definition) is 3. The van der Waals surface area contributed by atoms with Gasteiger partial charge in [0.2, 0.25) is 0 Å². The first-order valence-corrected chi connectivity index (χ1v) is 9.14. The molecule has 0 fully saturated rings. The van der Waals surface area contributed by atoms with Crippen LogP contribution in [0.2, 0.25) is 0 Å². The fourth-order valence-corrected chi connectivity index (χ4v) is 3.95. The van der Waals surface area contributed by atoms with E-state index < -0.39 is 0 Å². The van der Waals surface area contributed by atoms with Gasteiger partial charge in [0.05, 0.1) is 5.56 Å². The second-order valence-corrected chi connectivity index (χ2v) is 7.20. The minimum Gasteiger partial charge on any atom is -0.454 e. The molecular weight excluding hydrogens is 368 g/mol. The summed E-state index contributed by atoms with van der Waals surface area (Å²) in [5, 5.41) is 8.33. The minimum atomic E-state index is -0.221. The van der Waals surface area contributed by atoms with Gasteiger partial charge in [-0.25, -0.2) is 4.98 Å². The third kappa shape index (κ3) is 2.21. The number of fused-ring (bicyclic) bond motifs is 5. The zero-order valence-corrected chi connectivity index (χ0v) is 15.3. The maximum Gasteiger partial charge on any atom is 0.256 e. The van der Waals surface area contributed by atoms with Gasteiger partial charge in [0.15, 0.2) is 16.7 Å². The van der Waals surface area contributed by atoms with E-state index in [0.717, 1.165) is 27.2 Å². The number of hydrogen-bond acceptors (Lipinski definition) is 4. The fourth-order valence-electron chi connectivity index (χ4n) is 3.95. The van der Waals surface area contributed by atoms with Gasteiger partial charge in [-0.2, -0.15) is 0 Å². The van der Waals surface area contributed by atoms with Crippen molar-refractivity contribution in [1.29, 1.82) is 0 Å². The summed E-state index contributed by atoms with van der Waals surface area (Å²) < 4.78 is 6.04. The molecule has 4 heterocycles. The van der Waals surface area contributed by atoms with Crippen LogP contribution in [0.1, 0.15) is 5.56 Å². The van der Waals surface area contributed by atoms with Crippen molar-refractivity contribution in [1.82, 2.24) is 20.2 Å². The zero-order valence-electron chi connectivity index (χ0n) is 15.3. The van der Waals surface area contributed by atoms with Gasteiger partial charge in [-0.3, -0.25) is 14.7 Å².